The average Bonchev–Trinajstić information content (AvgIpc) is 2.37. The van der Waals surface area contributed by atoms with Gasteiger partial charge < -0.3 is 5.11 Å². The molecule has 0 atom stereocenters. The van der Waals surface area contributed by atoms with Crippen molar-refractivity contribution in [1.29, 1.82) is 0 Å². The van der Waals surface area contributed by atoms with E-state index in [2.05, 4.69) is 32.8 Å². The van der Waals surface area contributed by atoms with Crippen LogP contribution in [-0.4, -0.2) is 27.2 Å². The molecule has 0 saturated carbocycles. The van der Waals surface area contributed by atoms with Crippen molar-refractivity contribution in [2.75, 3.05) is 0 Å². The normalized spacial score (nSPS) is 21.1. The molecule has 116 valence electrons. The summed E-state index contributed by atoms with van der Waals surface area (Å²) >= 11 is 0. The van der Waals surface area contributed by atoms with E-state index >= 15 is 0 Å². The lowest BCUT2D eigenvalue weighted by Gasteiger charge is -2.51. The lowest BCUT2D eigenvalue weighted by atomic mass is 9.82. The first kappa shape index (κ1) is 16.0. The van der Waals surface area contributed by atoms with Crippen LogP contribution >= 0.6 is 0 Å². The fourth-order valence-electron chi connectivity index (χ4n) is 3.31. The smallest absolute Gasteiger partial charge is 0.336 e. The molecule has 1 N–H and O–H groups in total. The quantitative estimate of drug-likeness (QED) is 0.915. The van der Waals surface area contributed by atoms with Gasteiger partial charge in [0.05, 0.1) is 12.2 Å². The molecule has 0 amide bonds. The number of nitrogens with zero attached hydrogens (tertiary/aromatic N) is 1. The van der Waals surface area contributed by atoms with E-state index in [1.807, 2.05) is 12.1 Å². The highest BCUT2D eigenvalue weighted by atomic mass is 16.7. The molecule has 0 unspecified atom stereocenters. The largest absolute Gasteiger partial charge is 0.478 e. The first-order chi connectivity index (χ1) is 9.74. The predicted molar refractivity (Wildman–Crippen MR) is 82.0 cm³/mol. The van der Waals surface area contributed by atoms with E-state index in [4.69, 9.17) is 4.84 Å². The molecule has 1 aliphatic heterocycles. The van der Waals surface area contributed by atoms with Crippen molar-refractivity contribution < 1.29 is 14.7 Å². The van der Waals surface area contributed by atoms with Gasteiger partial charge in [0.1, 0.15) is 0 Å². The Bertz CT molecular complexity index is 507. The second kappa shape index (κ2) is 5.78. The average molecular weight is 291 g/mol. The number of carboxylic acids is 1. The predicted octanol–water partition coefficient (Wildman–Crippen LogP) is 3.86. The molecule has 4 nitrogen and oxygen atoms in total. The molecule has 2 rings (SSSR count). The van der Waals surface area contributed by atoms with Crippen LogP contribution in [0.5, 0.6) is 0 Å². The zero-order valence-corrected chi connectivity index (χ0v) is 13.3. The molecule has 21 heavy (non-hydrogen) atoms. The van der Waals surface area contributed by atoms with Gasteiger partial charge in [0, 0.05) is 11.1 Å². The van der Waals surface area contributed by atoms with E-state index in [0.717, 1.165) is 12.8 Å². The molecular formula is C17H25NO3. The molecule has 1 saturated heterocycles. The summed E-state index contributed by atoms with van der Waals surface area (Å²) in [6.07, 6.45) is 3.35. The number of aromatic carboxylic acids is 1. The maximum absolute atomic E-state index is 11.3. The van der Waals surface area contributed by atoms with Crippen molar-refractivity contribution in [1.82, 2.24) is 5.06 Å². The summed E-state index contributed by atoms with van der Waals surface area (Å²) in [6, 6.07) is 7.01. The third-order valence-corrected chi connectivity index (χ3v) is 4.27. The zero-order valence-electron chi connectivity index (χ0n) is 13.3. The van der Waals surface area contributed by atoms with Gasteiger partial charge in [-0.15, -0.1) is 0 Å². The minimum atomic E-state index is -0.911. The van der Waals surface area contributed by atoms with E-state index in [1.165, 1.54) is 6.42 Å². The molecule has 1 aliphatic rings. The molecule has 4 heteroatoms. The molecule has 0 aliphatic carbocycles. The van der Waals surface area contributed by atoms with Gasteiger partial charge in [0.2, 0.25) is 0 Å². The lowest BCUT2D eigenvalue weighted by molar-refractivity contribution is -0.288. The third-order valence-electron chi connectivity index (χ3n) is 4.27. The fraction of sp³-hybridized carbons (Fsp3) is 0.588. The fourth-order valence-corrected chi connectivity index (χ4v) is 3.31. The minimum Gasteiger partial charge on any atom is -0.478 e. The van der Waals surface area contributed by atoms with Crippen LogP contribution in [0.25, 0.3) is 0 Å². The maximum Gasteiger partial charge on any atom is 0.336 e. The molecule has 1 aromatic rings. The first-order valence-electron chi connectivity index (χ1n) is 7.48. The van der Waals surface area contributed by atoms with E-state index < -0.39 is 5.97 Å². The molecular weight excluding hydrogens is 266 g/mol. The van der Waals surface area contributed by atoms with Crippen LogP contribution in [0.2, 0.25) is 0 Å². The molecule has 1 aromatic carbocycles. The van der Waals surface area contributed by atoms with Crippen LogP contribution in [0.1, 0.15) is 62.9 Å². The topological polar surface area (TPSA) is 49.8 Å². The third kappa shape index (κ3) is 3.44. The second-order valence-electron chi connectivity index (χ2n) is 7.01. The van der Waals surface area contributed by atoms with Gasteiger partial charge >= 0.3 is 5.97 Å². The Morgan fingerprint density at radius 3 is 2.33 bits per heavy atom. The SMILES string of the molecule is CC1(C)CCCC(C)(C)N1OCc1ccccc1C(=O)O. The Morgan fingerprint density at radius 2 is 1.76 bits per heavy atom. The van der Waals surface area contributed by atoms with Gasteiger partial charge in [-0.05, 0) is 58.6 Å². The summed E-state index contributed by atoms with van der Waals surface area (Å²) in [5.41, 5.74) is 0.937. The molecule has 1 heterocycles. The van der Waals surface area contributed by atoms with Gasteiger partial charge in [-0.3, -0.25) is 4.84 Å². The Balaban J connectivity index is 2.16. The van der Waals surface area contributed by atoms with Crippen LogP contribution in [0.4, 0.5) is 0 Å². The summed E-state index contributed by atoms with van der Waals surface area (Å²) in [6.45, 7) is 9.00. The van der Waals surface area contributed by atoms with E-state index in [1.54, 1.807) is 12.1 Å². The highest BCUT2D eigenvalue weighted by molar-refractivity contribution is 5.89. The summed E-state index contributed by atoms with van der Waals surface area (Å²) in [4.78, 5) is 17.3. The van der Waals surface area contributed by atoms with Crippen LogP contribution in [-0.2, 0) is 11.4 Å². The maximum atomic E-state index is 11.3. The van der Waals surface area contributed by atoms with Crippen molar-refractivity contribution >= 4 is 5.97 Å². The number of hydrogen-bond donors (Lipinski definition) is 1. The van der Waals surface area contributed by atoms with E-state index in [-0.39, 0.29) is 17.7 Å². The van der Waals surface area contributed by atoms with Gasteiger partial charge in [0.25, 0.3) is 0 Å². The van der Waals surface area contributed by atoms with Crippen molar-refractivity contribution in [2.45, 2.75) is 64.6 Å². The van der Waals surface area contributed by atoms with Crippen LogP contribution in [0, 0.1) is 0 Å². The molecule has 0 spiro atoms. The monoisotopic (exact) mass is 291 g/mol. The number of piperidine rings is 1. The summed E-state index contributed by atoms with van der Waals surface area (Å²) < 4.78 is 0. The number of rotatable bonds is 4. The van der Waals surface area contributed by atoms with Crippen molar-refractivity contribution in [3.05, 3.63) is 35.4 Å². The highest BCUT2D eigenvalue weighted by Gasteiger charge is 2.42. The van der Waals surface area contributed by atoms with Gasteiger partial charge in [-0.25, -0.2) is 4.79 Å². The van der Waals surface area contributed by atoms with E-state index in [9.17, 15) is 9.90 Å². The van der Waals surface area contributed by atoms with Crippen LogP contribution in [0.3, 0.4) is 0 Å². The Hall–Kier alpha value is -1.39. The number of benzene rings is 1. The minimum absolute atomic E-state index is 0.0417. The number of carbonyl (C=O) groups is 1. The standard InChI is InChI=1S/C17H25NO3/c1-16(2)10-7-11-17(3,4)18(16)21-12-13-8-5-6-9-14(13)15(19)20/h5-6,8-9H,7,10-12H2,1-4H3,(H,19,20). The Labute approximate surface area is 126 Å². The van der Waals surface area contributed by atoms with Crippen molar-refractivity contribution in [3.63, 3.8) is 0 Å². The lowest BCUT2D eigenvalue weighted by Crippen LogP contribution is -2.58. The number of carboxylic acid groups (broad SMARTS) is 1. The van der Waals surface area contributed by atoms with Gasteiger partial charge in [-0.1, -0.05) is 18.2 Å². The van der Waals surface area contributed by atoms with E-state index in [0.29, 0.717) is 11.1 Å². The summed E-state index contributed by atoms with van der Waals surface area (Å²) in [5, 5.41) is 11.3. The van der Waals surface area contributed by atoms with Crippen LogP contribution < -0.4 is 0 Å². The molecule has 0 aromatic heterocycles. The Morgan fingerprint density at radius 1 is 1.19 bits per heavy atom. The second-order valence-corrected chi connectivity index (χ2v) is 7.01. The zero-order chi connectivity index (χ0) is 15.7. The Kier molecular flexibility index (Phi) is 4.40. The number of hydroxylamine groups is 2. The molecule has 1 fully saturated rings. The van der Waals surface area contributed by atoms with Gasteiger partial charge in [-0.2, -0.15) is 5.06 Å². The van der Waals surface area contributed by atoms with Crippen LogP contribution in [0.15, 0.2) is 24.3 Å². The van der Waals surface area contributed by atoms with Crippen molar-refractivity contribution in [2.24, 2.45) is 0 Å². The van der Waals surface area contributed by atoms with Crippen molar-refractivity contribution in [3.8, 4) is 0 Å². The summed E-state index contributed by atoms with van der Waals surface area (Å²) in [5.74, 6) is -0.911. The highest BCUT2D eigenvalue weighted by Crippen LogP contribution is 2.38. The van der Waals surface area contributed by atoms with Gasteiger partial charge in [0.15, 0.2) is 0 Å². The molecule has 0 bridgehead atoms. The summed E-state index contributed by atoms with van der Waals surface area (Å²) in [7, 11) is 0. The first-order valence-corrected chi connectivity index (χ1v) is 7.48. The molecule has 0 radical (unpaired) electrons. The number of hydrogen-bond acceptors (Lipinski definition) is 3.